The molecule has 0 aliphatic carbocycles. The monoisotopic (exact) mass is 368 g/mol. The third-order valence-corrected chi connectivity index (χ3v) is 6.41. The maximum atomic E-state index is 12.2. The first-order chi connectivity index (χ1) is 12.0. The first-order valence-corrected chi connectivity index (χ1v) is 10.5. The number of carbonyl (C=O) groups is 1. The van der Waals surface area contributed by atoms with Crippen molar-refractivity contribution in [2.24, 2.45) is 0 Å². The molecule has 2 fully saturated rings. The average molecular weight is 368 g/mol. The Bertz CT molecular complexity index is 701. The lowest BCUT2D eigenvalue weighted by Gasteiger charge is -2.26. The number of amides is 1. The number of anilines is 1. The van der Waals surface area contributed by atoms with Crippen LogP contribution in [0.2, 0.25) is 0 Å². The van der Waals surface area contributed by atoms with Gasteiger partial charge in [0.15, 0.2) is 9.84 Å². The maximum absolute atomic E-state index is 12.2. The first-order valence-electron chi connectivity index (χ1n) is 8.67. The van der Waals surface area contributed by atoms with Crippen LogP contribution in [0.25, 0.3) is 0 Å². The summed E-state index contributed by atoms with van der Waals surface area (Å²) in [5, 5.41) is 2.83. The van der Waals surface area contributed by atoms with Crippen molar-refractivity contribution in [3.05, 3.63) is 18.0 Å². The predicted octanol–water partition coefficient (Wildman–Crippen LogP) is 0.399. The molecule has 2 unspecified atom stereocenters. The normalized spacial score (nSPS) is 25.0. The van der Waals surface area contributed by atoms with E-state index in [4.69, 9.17) is 4.74 Å². The van der Waals surface area contributed by atoms with E-state index in [1.165, 1.54) is 12.4 Å². The minimum absolute atomic E-state index is 0.0871. The summed E-state index contributed by atoms with van der Waals surface area (Å²) in [6.45, 7) is 3.80. The van der Waals surface area contributed by atoms with Crippen LogP contribution in [0.15, 0.2) is 12.4 Å². The molecule has 138 valence electrons. The van der Waals surface area contributed by atoms with E-state index in [1.807, 2.05) is 11.8 Å². The lowest BCUT2D eigenvalue weighted by Crippen LogP contribution is -2.37. The topological polar surface area (TPSA) is 101 Å². The molecule has 1 aromatic heterocycles. The molecule has 2 saturated heterocycles. The Morgan fingerprint density at radius 3 is 2.68 bits per heavy atom. The maximum Gasteiger partial charge on any atom is 0.254 e. The van der Waals surface area contributed by atoms with Gasteiger partial charge in [0.25, 0.3) is 5.91 Å². The van der Waals surface area contributed by atoms with Gasteiger partial charge in [-0.2, -0.15) is 0 Å². The Kier molecular flexibility index (Phi) is 5.53. The summed E-state index contributed by atoms with van der Waals surface area (Å²) in [6, 6.07) is -0.103. The highest BCUT2D eigenvalue weighted by Gasteiger charge is 2.32. The van der Waals surface area contributed by atoms with E-state index in [9.17, 15) is 13.2 Å². The lowest BCUT2D eigenvalue weighted by molar-refractivity contribution is 0.0857. The van der Waals surface area contributed by atoms with Gasteiger partial charge >= 0.3 is 0 Å². The fourth-order valence-electron chi connectivity index (χ4n) is 3.28. The molecule has 3 rings (SSSR count). The molecule has 1 N–H and O–H groups in total. The molecule has 9 heteroatoms. The summed E-state index contributed by atoms with van der Waals surface area (Å²) < 4.78 is 28.8. The highest BCUT2D eigenvalue weighted by molar-refractivity contribution is 7.91. The predicted molar refractivity (Wildman–Crippen MR) is 93.4 cm³/mol. The highest BCUT2D eigenvalue weighted by Crippen LogP contribution is 2.21. The molecule has 1 amide bonds. The molecule has 0 aromatic carbocycles. The molecule has 0 radical (unpaired) electrons. The molecular formula is C16H24N4O4S. The van der Waals surface area contributed by atoms with Gasteiger partial charge in [-0.15, -0.1) is 0 Å². The van der Waals surface area contributed by atoms with Crippen molar-refractivity contribution in [3.63, 3.8) is 0 Å². The van der Waals surface area contributed by atoms with Crippen molar-refractivity contribution in [1.82, 2.24) is 15.3 Å². The minimum atomic E-state index is -2.97. The van der Waals surface area contributed by atoms with Gasteiger partial charge in [-0.05, 0) is 26.2 Å². The summed E-state index contributed by atoms with van der Waals surface area (Å²) >= 11 is 0. The molecule has 2 aliphatic heterocycles. The number of nitrogens with zero attached hydrogens (tertiary/aromatic N) is 3. The summed E-state index contributed by atoms with van der Waals surface area (Å²) in [5.74, 6) is 0.569. The van der Waals surface area contributed by atoms with Crippen molar-refractivity contribution in [2.45, 2.75) is 38.3 Å². The van der Waals surface area contributed by atoms with Crippen LogP contribution in [0.4, 0.5) is 5.95 Å². The van der Waals surface area contributed by atoms with E-state index in [-0.39, 0.29) is 29.6 Å². The van der Waals surface area contributed by atoms with Crippen LogP contribution < -0.4 is 10.2 Å². The Hall–Kier alpha value is -1.74. The molecule has 0 saturated carbocycles. The fraction of sp³-hybridized carbons (Fsp3) is 0.688. The Balaban J connectivity index is 1.61. The van der Waals surface area contributed by atoms with Gasteiger partial charge in [-0.1, -0.05) is 0 Å². The molecule has 2 atom stereocenters. The molecule has 0 spiro atoms. The standard InChI is InChI=1S/C16H24N4O4S/c1-2-20(13-5-7-25(22,23)11-13)16-18-8-12(9-19-16)15(21)17-10-14-4-3-6-24-14/h8-9,13-14H,2-7,10-11H2,1H3,(H,17,21). The van der Waals surface area contributed by atoms with Crippen LogP contribution in [0.5, 0.6) is 0 Å². The fourth-order valence-corrected chi connectivity index (χ4v) is 5.02. The van der Waals surface area contributed by atoms with Gasteiger partial charge < -0.3 is 15.0 Å². The van der Waals surface area contributed by atoms with E-state index in [1.54, 1.807) is 0 Å². The smallest absolute Gasteiger partial charge is 0.254 e. The minimum Gasteiger partial charge on any atom is -0.376 e. The van der Waals surface area contributed by atoms with Crippen molar-refractivity contribution in [2.75, 3.05) is 36.1 Å². The molecule has 8 nitrogen and oxygen atoms in total. The van der Waals surface area contributed by atoms with Crippen LogP contribution in [-0.4, -0.2) is 67.6 Å². The van der Waals surface area contributed by atoms with Crippen LogP contribution in [0.1, 0.15) is 36.5 Å². The van der Waals surface area contributed by atoms with Gasteiger partial charge in [0.1, 0.15) is 0 Å². The number of hydrogen-bond donors (Lipinski definition) is 1. The second-order valence-corrected chi connectivity index (χ2v) is 8.69. The average Bonchev–Trinajstić information content (AvgIpc) is 3.23. The Labute approximate surface area is 147 Å². The molecule has 1 aromatic rings. The number of aromatic nitrogens is 2. The second kappa shape index (κ2) is 7.65. The largest absolute Gasteiger partial charge is 0.376 e. The van der Waals surface area contributed by atoms with E-state index in [0.29, 0.717) is 31.0 Å². The van der Waals surface area contributed by atoms with E-state index >= 15 is 0 Å². The van der Waals surface area contributed by atoms with Crippen molar-refractivity contribution in [1.29, 1.82) is 0 Å². The van der Waals surface area contributed by atoms with Crippen LogP contribution in [0, 0.1) is 0 Å². The molecular weight excluding hydrogens is 344 g/mol. The Morgan fingerprint density at radius 1 is 1.36 bits per heavy atom. The number of nitrogens with one attached hydrogen (secondary N) is 1. The van der Waals surface area contributed by atoms with Crippen molar-refractivity contribution in [3.8, 4) is 0 Å². The van der Waals surface area contributed by atoms with Gasteiger partial charge in [-0.3, -0.25) is 4.79 Å². The zero-order valence-corrected chi connectivity index (χ0v) is 15.2. The third-order valence-electron chi connectivity index (χ3n) is 4.66. The summed E-state index contributed by atoms with van der Waals surface area (Å²) in [4.78, 5) is 22.6. The van der Waals surface area contributed by atoms with Gasteiger partial charge in [0.05, 0.1) is 23.2 Å². The van der Waals surface area contributed by atoms with Crippen LogP contribution in [-0.2, 0) is 14.6 Å². The zero-order valence-electron chi connectivity index (χ0n) is 14.3. The third kappa shape index (κ3) is 4.46. The van der Waals surface area contributed by atoms with Gasteiger partial charge in [0, 0.05) is 38.1 Å². The molecule has 0 bridgehead atoms. The molecule has 3 heterocycles. The highest BCUT2D eigenvalue weighted by atomic mass is 32.2. The zero-order chi connectivity index (χ0) is 17.9. The van der Waals surface area contributed by atoms with Crippen molar-refractivity contribution >= 4 is 21.7 Å². The van der Waals surface area contributed by atoms with Gasteiger partial charge in [-0.25, -0.2) is 18.4 Å². The number of hydrogen-bond acceptors (Lipinski definition) is 7. The number of rotatable bonds is 6. The van der Waals surface area contributed by atoms with Crippen molar-refractivity contribution < 1.29 is 17.9 Å². The van der Waals surface area contributed by atoms with Crippen LogP contribution in [0.3, 0.4) is 0 Å². The van der Waals surface area contributed by atoms with Gasteiger partial charge in [0.2, 0.25) is 5.95 Å². The first kappa shape index (κ1) is 18.1. The molecule has 25 heavy (non-hydrogen) atoms. The summed E-state index contributed by atoms with van der Waals surface area (Å²) in [7, 11) is -2.97. The number of ether oxygens (including phenoxy) is 1. The van der Waals surface area contributed by atoms with E-state index in [2.05, 4.69) is 15.3 Å². The number of carbonyl (C=O) groups excluding carboxylic acids is 1. The second-order valence-electron chi connectivity index (χ2n) is 6.46. The van der Waals surface area contributed by atoms with Crippen LogP contribution >= 0.6 is 0 Å². The summed E-state index contributed by atoms with van der Waals surface area (Å²) in [6.07, 6.45) is 5.64. The Morgan fingerprint density at radius 2 is 2.12 bits per heavy atom. The molecule has 2 aliphatic rings. The SMILES string of the molecule is CCN(c1ncc(C(=O)NCC2CCCO2)cn1)C1CCS(=O)(=O)C1. The summed E-state index contributed by atoms with van der Waals surface area (Å²) in [5.41, 5.74) is 0.386. The quantitative estimate of drug-likeness (QED) is 0.775. The van der Waals surface area contributed by atoms with E-state index in [0.717, 1.165) is 19.4 Å². The lowest BCUT2D eigenvalue weighted by atomic mass is 10.2. The van der Waals surface area contributed by atoms with E-state index < -0.39 is 9.84 Å². The number of sulfone groups is 1.